The molecule has 13 heavy (non-hydrogen) atoms. The molecule has 0 atom stereocenters. The van der Waals surface area contributed by atoms with Crippen LogP contribution < -0.4 is 5.73 Å². The van der Waals surface area contributed by atoms with Gasteiger partial charge in [-0.15, -0.1) is 48.0 Å². The topological polar surface area (TPSA) is 46.3 Å². The van der Waals surface area contributed by atoms with Gasteiger partial charge in [-0.1, -0.05) is 0 Å². The first kappa shape index (κ1) is 19.2. The zero-order valence-corrected chi connectivity index (χ0v) is 10.2. The first-order valence-corrected chi connectivity index (χ1v) is 4.40. The van der Waals surface area contributed by atoms with Crippen LogP contribution in [0.5, 0.6) is 0 Å². The van der Waals surface area contributed by atoms with Gasteiger partial charge in [0.05, 0.1) is 6.54 Å². The van der Waals surface area contributed by atoms with Gasteiger partial charge in [-0.25, -0.2) is 0 Å². The first-order valence-electron chi connectivity index (χ1n) is 3.33. The Morgan fingerprint density at radius 2 is 1.54 bits per heavy atom. The average Bonchev–Trinajstić information content (AvgIpc) is 1.87. The zero-order chi connectivity index (χ0) is 8.69. The minimum Gasteiger partial charge on any atom is -0.369 e. The highest BCUT2D eigenvalue weighted by Gasteiger charge is 2.05. The fourth-order valence-electron chi connectivity index (χ4n) is 0.729. The molecule has 0 aromatic heterocycles. The molecule has 0 spiro atoms. The number of hydrogen-bond donors (Lipinski definition) is 1. The van der Waals surface area contributed by atoms with Crippen molar-refractivity contribution in [3.8, 4) is 0 Å². The SMILES string of the molecule is Cl.Cl.NC(=O)CN(CCCl)CCCl. The van der Waals surface area contributed by atoms with Crippen LogP contribution in [0.15, 0.2) is 0 Å². The molecular weight excluding hydrogens is 258 g/mol. The monoisotopic (exact) mass is 270 g/mol. The molecule has 2 N–H and O–H groups in total. The summed E-state index contributed by atoms with van der Waals surface area (Å²) in [6.07, 6.45) is 0. The van der Waals surface area contributed by atoms with Crippen molar-refractivity contribution >= 4 is 53.9 Å². The first-order chi connectivity index (χ1) is 5.20. The van der Waals surface area contributed by atoms with Crippen LogP contribution in [0.25, 0.3) is 0 Å². The number of amides is 1. The molecule has 0 unspecified atom stereocenters. The Morgan fingerprint density at radius 1 is 1.15 bits per heavy atom. The van der Waals surface area contributed by atoms with Gasteiger partial charge in [-0.2, -0.15) is 0 Å². The van der Waals surface area contributed by atoms with Gasteiger partial charge < -0.3 is 5.73 Å². The Morgan fingerprint density at radius 3 is 1.77 bits per heavy atom. The third-order valence-electron chi connectivity index (χ3n) is 1.18. The summed E-state index contributed by atoms with van der Waals surface area (Å²) in [5, 5.41) is 0. The highest BCUT2D eigenvalue weighted by Crippen LogP contribution is 1.90. The fraction of sp³-hybridized carbons (Fsp3) is 0.833. The summed E-state index contributed by atoms with van der Waals surface area (Å²) in [6.45, 7) is 1.54. The normalized spacial score (nSPS) is 8.85. The smallest absolute Gasteiger partial charge is 0.231 e. The molecule has 0 bridgehead atoms. The molecule has 3 nitrogen and oxygen atoms in total. The van der Waals surface area contributed by atoms with Crippen LogP contribution in [0.4, 0.5) is 0 Å². The van der Waals surface area contributed by atoms with E-state index in [0.29, 0.717) is 24.8 Å². The maximum absolute atomic E-state index is 10.5. The molecule has 0 rings (SSSR count). The third kappa shape index (κ3) is 12.6. The number of carbonyl (C=O) groups is 1. The Kier molecular flexibility index (Phi) is 18.6. The maximum atomic E-state index is 10.5. The molecule has 7 heteroatoms. The minimum atomic E-state index is -0.347. The lowest BCUT2D eigenvalue weighted by molar-refractivity contribution is -0.119. The highest BCUT2D eigenvalue weighted by atomic mass is 35.5. The Bertz CT molecular complexity index is 119. The summed E-state index contributed by atoms with van der Waals surface area (Å²) in [4.78, 5) is 12.3. The van der Waals surface area contributed by atoms with Gasteiger partial charge in [0.25, 0.3) is 0 Å². The lowest BCUT2D eigenvalue weighted by Crippen LogP contribution is -2.36. The van der Waals surface area contributed by atoms with Crippen molar-refractivity contribution in [2.45, 2.75) is 0 Å². The van der Waals surface area contributed by atoms with E-state index in [9.17, 15) is 4.79 Å². The molecular formula is C6H14Cl4N2O. The average molecular weight is 272 g/mol. The molecule has 0 heterocycles. The van der Waals surface area contributed by atoms with E-state index in [1.54, 1.807) is 0 Å². The zero-order valence-electron chi connectivity index (χ0n) is 7.04. The number of hydrogen-bond acceptors (Lipinski definition) is 2. The number of carbonyl (C=O) groups excluding carboxylic acids is 1. The van der Waals surface area contributed by atoms with Crippen LogP contribution >= 0.6 is 48.0 Å². The van der Waals surface area contributed by atoms with Crippen LogP contribution in [0, 0.1) is 0 Å². The van der Waals surface area contributed by atoms with Gasteiger partial charge in [0.2, 0.25) is 5.91 Å². The van der Waals surface area contributed by atoms with Gasteiger partial charge >= 0.3 is 0 Å². The molecule has 0 saturated heterocycles. The molecule has 0 aliphatic carbocycles. The Balaban J connectivity index is -0.000000500. The third-order valence-corrected chi connectivity index (χ3v) is 1.52. The van der Waals surface area contributed by atoms with E-state index in [1.807, 2.05) is 4.90 Å². The summed E-state index contributed by atoms with van der Waals surface area (Å²) in [6, 6.07) is 0. The molecule has 0 saturated carbocycles. The highest BCUT2D eigenvalue weighted by molar-refractivity contribution is 6.18. The molecule has 0 aromatic carbocycles. The van der Waals surface area contributed by atoms with Crippen molar-refractivity contribution in [3.05, 3.63) is 0 Å². The van der Waals surface area contributed by atoms with Crippen molar-refractivity contribution in [1.82, 2.24) is 4.90 Å². The van der Waals surface area contributed by atoms with E-state index in [4.69, 9.17) is 28.9 Å². The second-order valence-electron chi connectivity index (χ2n) is 2.12. The number of primary amides is 1. The van der Waals surface area contributed by atoms with E-state index < -0.39 is 0 Å². The Labute approximate surface area is 101 Å². The number of nitrogens with zero attached hydrogens (tertiary/aromatic N) is 1. The lowest BCUT2D eigenvalue weighted by Gasteiger charge is -2.17. The largest absolute Gasteiger partial charge is 0.369 e. The number of alkyl halides is 2. The van der Waals surface area contributed by atoms with Crippen LogP contribution in [-0.4, -0.2) is 42.2 Å². The van der Waals surface area contributed by atoms with Crippen LogP contribution in [-0.2, 0) is 4.79 Å². The Hall–Kier alpha value is 0.590. The molecule has 0 aliphatic rings. The molecule has 0 aromatic rings. The van der Waals surface area contributed by atoms with Crippen LogP contribution in [0.1, 0.15) is 0 Å². The predicted molar refractivity (Wildman–Crippen MR) is 61.6 cm³/mol. The van der Waals surface area contributed by atoms with Crippen molar-refractivity contribution in [3.63, 3.8) is 0 Å². The number of nitrogens with two attached hydrogens (primary N) is 1. The molecule has 82 valence electrons. The van der Waals surface area contributed by atoms with E-state index >= 15 is 0 Å². The molecule has 0 radical (unpaired) electrons. The summed E-state index contributed by atoms with van der Waals surface area (Å²) in [5.41, 5.74) is 4.99. The molecule has 0 aliphatic heterocycles. The second-order valence-corrected chi connectivity index (χ2v) is 2.88. The van der Waals surface area contributed by atoms with Crippen molar-refractivity contribution in [2.24, 2.45) is 5.73 Å². The van der Waals surface area contributed by atoms with Crippen LogP contribution in [0.2, 0.25) is 0 Å². The van der Waals surface area contributed by atoms with Gasteiger partial charge in [0, 0.05) is 24.8 Å². The predicted octanol–water partition coefficient (Wildman–Crippen LogP) is 1.09. The summed E-state index contributed by atoms with van der Waals surface area (Å²) < 4.78 is 0. The maximum Gasteiger partial charge on any atom is 0.231 e. The van der Waals surface area contributed by atoms with E-state index in [2.05, 4.69) is 0 Å². The number of halogens is 4. The summed E-state index contributed by atoms with van der Waals surface area (Å²) in [5.74, 6) is 0.633. The van der Waals surface area contributed by atoms with Gasteiger partial charge in [0.1, 0.15) is 0 Å². The number of rotatable bonds is 6. The second kappa shape index (κ2) is 12.6. The molecule has 1 amide bonds. The standard InChI is InChI=1S/C6H12Cl2N2O.2ClH/c7-1-3-10(4-2-8)5-6(9)11;;/h1-5H2,(H2,9,11);2*1H. The van der Waals surface area contributed by atoms with Gasteiger partial charge in [-0.3, -0.25) is 9.69 Å². The van der Waals surface area contributed by atoms with Crippen molar-refractivity contribution < 1.29 is 4.79 Å². The van der Waals surface area contributed by atoms with Crippen molar-refractivity contribution in [1.29, 1.82) is 0 Å². The summed E-state index contributed by atoms with van der Waals surface area (Å²) >= 11 is 11.0. The van der Waals surface area contributed by atoms with E-state index in [1.165, 1.54) is 0 Å². The van der Waals surface area contributed by atoms with E-state index in [-0.39, 0.29) is 37.3 Å². The van der Waals surface area contributed by atoms with E-state index in [0.717, 1.165) is 0 Å². The van der Waals surface area contributed by atoms with Gasteiger partial charge in [-0.05, 0) is 0 Å². The quantitative estimate of drug-likeness (QED) is 0.736. The van der Waals surface area contributed by atoms with Crippen LogP contribution in [0.3, 0.4) is 0 Å². The van der Waals surface area contributed by atoms with Crippen molar-refractivity contribution in [2.75, 3.05) is 31.4 Å². The lowest BCUT2D eigenvalue weighted by atomic mass is 10.4. The minimum absolute atomic E-state index is 0. The fourth-order valence-corrected chi connectivity index (χ4v) is 1.21. The molecule has 0 fully saturated rings. The van der Waals surface area contributed by atoms with Gasteiger partial charge in [0.15, 0.2) is 0 Å². The summed E-state index contributed by atoms with van der Waals surface area (Å²) in [7, 11) is 0.